The molecular weight excluding hydrogens is 333 g/mol. The quantitative estimate of drug-likeness (QED) is 0.763. The van der Waals surface area contributed by atoms with Crippen LogP contribution in [0.15, 0.2) is 48.7 Å². The van der Waals surface area contributed by atoms with Crippen molar-refractivity contribution < 1.29 is 13.9 Å². The van der Waals surface area contributed by atoms with Crippen LogP contribution in [0.25, 0.3) is 10.9 Å². The summed E-state index contributed by atoms with van der Waals surface area (Å²) in [6, 6.07) is 11.9. The van der Waals surface area contributed by atoms with Gasteiger partial charge in [0, 0.05) is 25.1 Å². The minimum atomic E-state index is -0.303. The molecule has 134 valence electrons. The fraction of sp³-hybridized carbons (Fsp3) is 0.300. The Morgan fingerprint density at radius 2 is 2.19 bits per heavy atom. The molecule has 1 saturated heterocycles. The molecule has 0 spiro atoms. The molecule has 1 amide bonds. The number of aromatic nitrogens is 2. The topological polar surface area (TPSA) is 58.2 Å². The van der Waals surface area contributed by atoms with Gasteiger partial charge in [0.1, 0.15) is 5.82 Å². The number of ether oxygens (including phenoxy) is 1. The molecule has 0 saturated carbocycles. The molecule has 3 aromatic rings. The molecule has 1 atom stereocenters. The van der Waals surface area contributed by atoms with Gasteiger partial charge in [0.15, 0.2) is 0 Å². The highest BCUT2D eigenvalue weighted by Crippen LogP contribution is 2.21. The molecule has 1 aliphatic heterocycles. The van der Waals surface area contributed by atoms with Gasteiger partial charge in [0.05, 0.1) is 23.4 Å². The van der Waals surface area contributed by atoms with Crippen LogP contribution in [0, 0.1) is 5.82 Å². The lowest BCUT2D eigenvalue weighted by Gasteiger charge is -2.26. The standard InChI is InChI=1S/C20H20FN3O2/c21-16-6-1-4-14(10-16)12-24(13-17-7-3-9-26-17)20(25)18-8-2-5-15-11-22-23-19(15)18/h1-2,4-6,8,10-11,17H,3,7,9,12-13H2,(H,22,23). The smallest absolute Gasteiger partial charge is 0.256 e. The van der Waals surface area contributed by atoms with Gasteiger partial charge < -0.3 is 9.64 Å². The van der Waals surface area contributed by atoms with Crippen molar-refractivity contribution in [2.45, 2.75) is 25.5 Å². The van der Waals surface area contributed by atoms with E-state index in [0.29, 0.717) is 24.2 Å². The first-order chi connectivity index (χ1) is 12.7. The van der Waals surface area contributed by atoms with Crippen molar-refractivity contribution in [3.63, 3.8) is 0 Å². The average Bonchev–Trinajstić information content (AvgIpc) is 3.31. The summed E-state index contributed by atoms with van der Waals surface area (Å²) in [6.45, 7) is 1.55. The highest BCUT2D eigenvalue weighted by atomic mass is 19.1. The number of carbonyl (C=O) groups excluding carboxylic acids is 1. The minimum Gasteiger partial charge on any atom is -0.376 e. The Bertz CT molecular complexity index is 918. The Kier molecular flexibility index (Phi) is 4.67. The van der Waals surface area contributed by atoms with Crippen LogP contribution < -0.4 is 0 Å². The van der Waals surface area contributed by atoms with Crippen LogP contribution >= 0.6 is 0 Å². The molecule has 0 radical (unpaired) electrons. The van der Waals surface area contributed by atoms with Gasteiger partial charge in [0.2, 0.25) is 0 Å². The number of nitrogens with zero attached hydrogens (tertiary/aromatic N) is 2. The van der Waals surface area contributed by atoms with Crippen molar-refractivity contribution in [3.05, 3.63) is 65.6 Å². The lowest BCUT2D eigenvalue weighted by atomic mass is 10.1. The first kappa shape index (κ1) is 16.7. The van der Waals surface area contributed by atoms with E-state index in [9.17, 15) is 9.18 Å². The third-order valence-corrected chi connectivity index (χ3v) is 4.70. The van der Waals surface area contributed by atoms with Gasteiger partial charge in [-0.15, -0.1) is 0 Å². The molecule has 1 N–H and O–H groups in total. The van der Waals surface area contributed by atoms with E-state index in [0.717, 1.165) is 30.4 Å². The van der Waals surface area contributed by atoms with Crippen molar-refractivity contribution in [1.82, 2.24) is 15.1 Å². The highest BCUT2D eigenvalue weighted by molar-refractivity contribution is 6.05. The van der Waals surface area contributed by atoms with E-state index in [1.54, 1.807) is 23.2 Å². The normalized spacial score (nSPS) is 16.9. The van der Waals surface area contributed by atoms with E-state index >= 15 is 0 Å². The number of halogens is 1. The van der Waals surface area contributed by atoms with E-state index in [2.05, 4.69) is 10.2 Å². The van der Waals surface area contributed by atoms with E-state index in [1.807, 2.05) is 18.2 Å². The Labute approximate surface area is 150 Å². The fourth-order valence-corrected chi connectivity index (χ4v) is 3.43. The van der Waals surface area contributed by atoms with Crippen molar-refractivity contribution >= 4 is 16.8 Å². The van der Waals surface area contributed by atoms with Crippen LogP contribution in [0.5, 0.6) is 0 Å². The zero-order valence-electron chi connectivity index (χ0n) is 14.3. The molecule has 1 unspecified atom stereocenters. The van der Waals surface area contributed by atoms with E-state index < -0.39 is 0 Å². The SMILES string of the molecule is O=C(c1cccc2cn[nH]c12)N(Cc1cccc(F)c1)CC1CCCO1. The Hall–Kier alpha value is -2.73. The summed E-state index contributed by atoms with van der Waals surface area (Å²) in [6.07, 6.45) is 3.65. The van der Waals surface area contributed by atoms with Crippen LogP contribution in [-0.2, 0) is 11.3 Å². The molecule has 5 nitrogen and oxygen atoms in total. The van der Waals surface area contributed by atoms with Crippen molar-refractivity contribution in [2.24, 2.45) is 0 Å². The number of fused-ring (bicyclic) bond motifs is 1. The summed E-state index contributed by atoms with van der Waals surface area (Å²) in [4.78, 5) is 15.0. The number of para-hydroxylation sites is 1. The van der Waals surface area contributed by atoms with Gasteiger partial charge >= 0.3 is 0 Å². The second-order valence-electron chi connectivity index (χ2n) is 6.59. The third kappa shape index (κ3) is 3.46. The Morgan fingerprint density at radius 1 is 1.31 bits per heavy atom. The second-order valence-corrected chi connectivity index (χ2v) is 6.59. The highest BCUT2D eigenvalue weighted by Gasteiger charge is 2.25. The van der Waals surface area contributed by atoms with E-state index in [-0.39, 0.29) is 17.8 Å². The number of hydrogen-bond acceptors (Lipinski definition) is 3. The predicted molar refractivity (Wildman–Crippen MR) is 96.2 cm³/mol. The molecule has 1 fully saturated rings. The fourth-order valence-electron chi connectivity index (χ4n) is 3.43. The van der Waals surface area contributed by atoms with Crippen LogP contribution in [0.2, 0.25) is 0 Å². The van der Waals surface area contributed by atoms with Crippen molar-refractivity contribution in [2.75, 3.05) is 13.2 Å². The van der Waals surface area contributed by atoms with Gasteiger partial charge in [0.25, 0.3) is 5.91 Å². The van der Waals surface area contributed by atoms with Gasteiger partial charge in [-0.25, -0.2) is 4.39 Å². The molecule has 4 rings (SSSR count). The largest absolute Gasteiger partial charge is 0.376 e. The van der Waals surface area contributed by atoms with Crippen molar-refractivity contribution in [1.29, 1.82) is 0 Å². The molecule has 6 heteroatoms. The maximum Gasteiger partial charge on any atom is 0.256 e. The van der Waals surface area contributed by atoms with Gasteiger partial charge in [-0.05, 0) is 36.6 Å². The Balaban J connectivity index is 1.64. The van der Waals surface area contributed by atoms with Crippen LogP contribution in [-0.4, -0.2) is 40.3 Å². The monoisotopic (exact) mass is 353 g/mol. The number of nitrogens with one attached hydrogen (secondary N) is 1. The maximum absolute atomic E-state index is 13.6. The number of rotatable bonds is 5. The first-order valence-corrected chi connectivity index (χ1v) is 8.78. The summed E-state index contributed by atoms with van der Waals surface area (Å²) in [5, 5.41) is 7.82. The van der Waals surface area contributed by atoms with E-state index in [4.69, 9.17) is 4.74 Å². The van der Waals surface area contributed by atoms with Crippen LogP contribution in [0.1, 0.15) is 28.8 Å². The predicted octanol–water partition coefficient (Wildman–Crippen LogP) is 3.52. The Morgan fingerprint density at radius 3 is 3.00 bits per heavy atom. The van der Waals surface area contributed by atoms with Gasteiger partial charge in [-0.2, -0.15) is 5.10 Å². The summed E-state index contributed by atoms with van der Waals surface area (Å²) in [7, 11) is 0. The molecule has 0 bridgehead atoms. The number of aromatic amines is 1. The second kappa shape index (κ2) is 7.25. The van der Waals surface area contributed by atoms with Gasteiger partial charge in [-0.1, -0.05) is 24.3 Å². The number of benzene rings is 2. The maximum atomic E-state index is 13.6. The molecule has 26 heavy (non-hydrogen) atoms. The molecule has 0 aliphatic carbocycles. The van der Waals surface area contributed by atoms with Gasteiger partial charge in [-0.3, -0.25) is 9.89 Å². The minimum absolute atomic E-state index is 0.0217. The lowest BCUT2D eigenvalue weighted by Crippen LogP contribution is -2.37. The number of carbonyl (C=O) groups is 1. The summed E-state index contributed by atoms with van der Waals surface area (Å²) < 4.78 is 19.3. The first-order valence-electron chi connectivity index (χ1n) is 8.78. The zero-order valence-corrected chi connectivity index (χ0v) is 14.3. The van der Waals surface area contributed by atoms with Crippen molar-refractivity contribution in [3.8, 4) is 0 Å². The average molecular weight is 353 g/mol. The number of H-pyrrole nitrogens is 1. The molecule has 2 heterocycles. The summed E-state index contributed by atoms with van der Waals surface area (Å²) in [5.74, 6) is -0.415. The summed E-state index contributed by atoms with van der Waals surface area (Å²) in [5.41, 5.74) is 2.04. The molecule has 1 aliphatic rings. The zero-order chi connectivity index (χ0) is 17.9. The number of amides is 1. The van der Waals surface area contributed by atoms with Crippen LogP contribution in [0.4, 0.5) is 4.39 Å². The summed E-state index contributed by atoms with van der Waals surface area (Å²) >= 11 is 0. The van der Waals surface area contributed by atoms with E-state index in [1.165, 1.54) is 12.1 Å². The lowest BCUT2D eigenvalue weighted by molar-refractivity contribution is 0.0508. The third-order valence-electron chi connectivity index (χ3n) is 4.70. The molecule has 1 aromatic heterocycles. The number of hydrogen-bond donors (Lipinski definition) is 1. The molecule has 2 aromatic carbocycles. The van der Waals surface area contributed by atoms with Crippen LogP contribution in [0.3, 0.4) is 0 Å². The molecular formula is C20H20FN3O2.